The summed E-state index contributed by atoms with van der Waals surface area (Å²) in [6.45, 7) is 2.97. The van der Waals surface area contributed by atoms with Gasteiger partial charge in [0.25, 0.3) is 0 Å². The molecule has 2 bridgehead atoms. The van der Waals surface area contributed by atoms with Crippen molar-refractivity contribution in [2.75, 3.05) is 0 Å². The Labute approximate surface area is 164 Å². The summed E-state index contributed by atoms with van der Waals surface area (Å²) in [4.78, 5) is 27.8. The Morgan fingerprint density at radius 3 is 2.61 bits per heavy atom. The maximum absolute atomic E-state index is 12.1. The average molecular weight is 382 g/mol. The van der Waals surface area contributed by atoms with E-state index in [0.717, 1.165) is 30.3 Å². The number of aromatic nitrogens is 2. The SMILES string of the molecule is CC(=O)OC1CC2CC1CC2C(OC(C)=O)c1c(C2CC2)ccn2cncc12. The largest absolute Gasteiger partial charge is 0.462 e. The molecule has 2 aromatic heterocycles. The molecule has 0 radical (unpaired) electrons. The quantitative estimate of drug-likeness (QED) is 0.736. The predicted molar refractivity (Wildman–Crippen MR) is 102 cm³/mol. The fourth-order valence-electron chi connectivity index (χ4n) is 5.63. The number of rotatable bonds is 5. The van der Waals surface area contributed by atoms with Crippen molar-refractivity contribution < 1.29 is 19.1 Å². The van der Waals surface area contributed by atoms with E-state index in [1.165, 1.54) is 32.3 Å². The van der Waals surface area contributed by atoms with Crippen molar-refractivity contribution in [3.05, 3.63) is 35.9 Å². The first-order valence-corrected chi connectivity index (χ1v) is 10.3. The molecule has 2 heterocycles. The van der Waals surface area contributed by atoms with Crippen molar-refractivity contribution in [2.45, 2.75) is 64.1 Å². The van der Waals surface area contributed by atoms with Crippen molar-refractivity contribution in [2.24, 2.45) is 17.8 Å². The minimum absolute atomic E-state index is 0.0189. The van der Waals surface area contributed by atoms with Crippen molar-refractivity contribution in [3.63, 3.8) is 0 Å². The van der Waals surface area contributed by atoms with Crippen LogP contribution in [0.1, 0.15) is 69.1 Å². The van der Waals surface area contributed by atoms with E-state index >= 15 is 0 Å². The van der Waals surface area contributed by atoms with Crippen molar-refractivity contribution >= 4 is 17.5 Å². The van der Waals surface area contributed by atoms with Crippen LogP contribution in [0.2, 0.25) is 0 Å². The molecule has 3 fully saturated rings. The number of carbonyl (C=O) groups excluding carboxylic acids is 2. The molecular formula is C22H26N2O4. The molecule has 148 valence electrons. The first-order chi connectivity index (χ1) is 13.5. The number of pyridine rings is 1. The number of nitrogens with zero attached hydrogens (tertiary/aromatic N) is 2. The van der Waals surface area contributed by atoms with Crippen LogP contribution in [-0.2, 0) is 19.1 Å². The lowest BCUT2D eigenvalue weighted by Gasteiger charge is -2.34. The van der Waals surface area contributed by atoms with Crippen LogP contribution in [0, 0.1) is 17.8 Å². The fraction of sp³-hybridized carbons (Fsp3) is 0.591. The molecule has 3 aliphatic rings. The van der Waals surface area contributed by atoms with Gasteiger partial charge in [0.15, 0.2) is 0 Å². The number of esters is 2. The number of hydrogen-bond donors (Lipinski definition) is 0. The Morgan fingerprint density at radius 2 is 1.96 bits per heavy atom. The summed E-state index contributed by atoms with van der Waals surface area (Å²) in [5, 5.41) is 0. The van der Waals surface area contributed by atoms with E-state index in [9.17, 15) is 9.59 Å². The monoisotopic (exact) mass is 382 g/mol. The molecule has 0 N–H and O–H groups in total. The Morgan fingerprint density at radius 1 is 1.14 bits per heavy atom. The molecule has 5 unspecified atom stereocenters. The molecule has 3 saturated carbocycles. The molecule has 5 atom stereocenters. The molecular weight excluding hydrogens is 356 g/mol. The molecule has 6 heteroatoms. The van der Waals surface area contributed by atoms with E-state index in [1.807, 2.05) is 10.6 Å². The zero-order valence-electron chi connectivity index (χ0n) is 16.3. The molecule has 3 aliphatic carbocycles. The lowest BCUT2D eigenvalue weighted by Crippen LogP contribution is -2.31. The van der Waals surface area contributed by atoms with E-state index in [4.69, 9.17) is 9.47 Å². The molecule has 0 amide bonds. The topological polar surface area (TPSA) is 69.9 Å². The van der Waals surface area contributed by atoms with Gasteiger partial charge < -0.3 is 13.9 Å². The van der Waals surface area contributed by atoms with Gasteiger partial charge in [0.2, 0.25) is 0 Å². The van der Waals surface area contributed by atoms with Crippen molar-refractivity contribution in [1.29, 1.82) is 0 Å². The highest BCUT2D eigenvalue weighted by Gasteiger charge is 2.51. The molecule has 5 rings (SSSR count). The van der Waals surface area contributed by atoms with E-state index in [-0.39, 0.29) is 30.1 Å². The van der Waals surface area contributed by atoms with Gasteiger partial charge >= 0.3 is 11.9 Å². The fourth-order valence-corrected chi connectivity index (χ4v) is 5.63. The van der Waals surface area contributed by atoms with E-state index in [2.05, 4.69) is 17.2 Å². The second-order valence-electron chi connectivity index (χ2n) is 8.71. The summed E-state index contributed by atoms with van der Waals surface area (Å²) >= 11 is 0. The van der Waals surface area contributed by atoms with Gasteiger partial charge in [-0.15, -0.1) is 0 Å². The van der Waals surface area contributed by atoms with E-state index in [0.29, 0.717) is 17.8 Å². The summed E-state index contributed by atoms with van der Waals surface area (Å²) in [5.41, 5.74) is 3.48. The summed E-state index contributed by atoms with van der Waals surface area (Å²) in [6, 6.07) is 2.17. The Kier molecular flexibility index (Phi) is 4.18. The second-order valence-corrected chi connectivity index (χ2v) is 8.71. The van der Waals surface area contributed by atoms with Crippen LogP contribution in [0.15, 0.2) is 24.8 Å². The lowest BCUT2D eigenvalue weighted by molar-refractivity contribution is -0.153. The maximum Gasteiger partial charge on any atom is 0.303 e. The molecule has 0 aromatic carbocycles. The number of imidazole rings is 1. The number of ether oxygens (including phenoxy) is 2. The summed E-state index contributed by atoms with van der Waals surface area (Å²) in [7, 11) is 0. The first-order valence-electron chi connectivity index (χ1n) is 10.3. The minimum Gasteiger partial charge on any atom is -0.462 e. The van der Waals surface area contributed by atoms with Gasteiger partial charge in [0, 0.05) is 31.5 Å². The third kappa shape index (κ3) is 2.99. The van der Waals surface area contributed by atoms with Crippen LogP contribution < -0.4 is 0 Å². The lowest BCUT2D eigenvalue weighted by atomic mass is 9.79. The zero-order chi connectivity index (χ0) is 19.4. The summed E-state index contributed by atoms with van der Waals surface area (Å²) < 4.78 is 13.5. The number of hydrogen-bond acceptors (Lipinski definition) is 5. The predicted octanol–water partition coefficient (Wildman–Crippen LogP) is 3.79. The number of carbonyl (C=O) groups is 2. The highest BCUT2D eigenvalue weighted by atomic mass is 16.5. The molecule has 0 saturated heterocycles. The summed E-state index contributed by atoms with van der Waals surface area (Å²) in [6.07, 6.45) is 10.7. The van der Waals surface area contributed by atoms with Gasteiger partial charge in [-0.25, -0.2) is 4.98 Å². The van der Waals surface area contributed by atoms with Gasteiger partial charge in [0.05, 0.1) is 18.0 Å². The van der Waals surface area contributed by atoms with Crippen LogP contribution in [-0.4, -0.2) is 27.4 Å². The standard InChI is InChI=1S/C22H26N2O4/c1-12(25)27-20-9-15-7-16(20)8-18(15)22(28-13(2)26)21-17(14-3-4-14)5-6-24-11-23-10-19(21)24/h5-6,10-11,14-16,18,20,22H,3-4,7-9H2,1-2H3. The highest BCUT2D eigenvalue weighted by molar-refractivity contribution is 5.68. The Balaban J connectivity index is 1.52. The Bertz CT molecular complexity index is 932. The van der Waals surface area contributed by atoms with Crippen LogP contribution in [0.3, 0.4) is 0 Å². The van der Waals surface area contributed by atoms with E-state index in [1.54, 1.807) is 6.33 Å². The summed E-state index contributed by atoms with van der Waals surface area (Å²) in [5.74, 6) is 1.15. The van der Waals surface area contributed by atoms with Crippen LogP contribution in [0.5, 0.6) is 0 Å². The minimum atomic E-state index is -0.262. The van der Waals surface area contributed by atoms with Crippen LogP contribution >= 0.6 is 0 Å². The normalized spacial score (nSPS) is 29.8. The van der Waals surface area contributed by atoms with Crippen molar-refractivity contribution in [3.8, 4) is 0 Å². The van der Waals surface area contributed by atoms with Gasteiger partial charge in [-0.3, -0.25) is 9.59 Å². The van der Waals surface area contributed by atoms with Crippen molar-refractivity contribution in [1.82, 2.24) is 9.38 Å². The Hall–Kier alpha value is -2.37. The number of fused-ring (bicyclic) bond motifs is 3. The third-order valence-electron chi connectivity index (χ3n) is 6.82. The molecule has 2 aromatic rings. The average Bonchev–Trinajstić information content (AvgIpc) is 3.06. The third-order valence-corrected chi connectivity index (χ3v) is 6.82. The first kappa shape index (κ1) is 17.7. The van der Waals surface area contributed by atoms with Crippen LogP contribution in [0.25, 0.3) is 5.52 Å². The van der Waals surface area contributed by atoms with E-state index < -0.39 is 0 Å². The zero-order valence-corrected chi connectivity index (χ0v) is 16.3. The molecule has 6 nitrogen and oxygen atoms in total. The maximum atomic E-state index is 12.1. The van der Waals surface area contributed by atoms with Gasteiger partial charge in [-0.05, 0) is 61.5 Å². The van der Waals surface area contributed by atoms with Gasteiger partial charge in [0.1, 0.15) is 12.2 Å². The molecule has 0 aliphatic heterocycles. The highest BCUT2D eigenvalue weighted by Crippen LogP contribution is 2.56. The second kappa shape index (κ2) is 6.61. The van der Waals surface area contributed by atoms with Crippen LogP contribution in [0.4, 0.5) is 0 Å². The van der Waals surface area contributed by atoms with Gasteiger partial charge in [-0.1, -0.05) is 0 Å². The molecule has 28 heavy (non-hydrogen) atoms. The van der Waals surface area contributed by atoms with Gasteiger partial charge in [-0.2, -0.15) is 0 Å². The molecule has 0 spiro atoms. The smallest absolute Gasteiger partial charge is 0.303 e.